The monoisotopic (exact) mass is 403 g/mol. The molecule has 0 spiro atoms. The van der Waals surface area contributed by atoms with E-state index in [0.29, 0.717) is 6.61 Å². The van der Waals surface area contributed by atoms with Gasteiger partial charge in [-0.3, -0.25) is 0 Å². The summed E-state index contributed by atoms with van der Waals surface area (Å²) in [6.45, 7) is 8.24. The van der Waals surface area contributed by atoms with Crippen LogP contribution in [0.25, 0.3) is 0 Å². The standard InChI is InChI=1S/C11H13NO4.C6H13ClO2Si/c1-11(12,9(13)14)10(15)16-7-8-5-3-2-4-6-8;1-10(2,3)5-4-9-6(7)8/h2-6H,7,12H2,1H3,(H,13,14);4-5H2,1-3H3. The van der Waals surface area contributed by atoms with Crippen LogP contribution in [0.3, 0.4) is 0 Å². The molecule has 0 aromatic heterocycles. The summed E-state index contributed by atoms with van der Waals surface area (Å²) in [6, 6.07) is 9.93. The van der Waals surface area contributed by atoms with Crippen molar-refractivity contribution in [2.24, 2.45) is 5.73 Å². The van der Waals surface area contributed by atoms with Crippen molar-refractivity contribution in [3.63, 3.8) is 0 Å². The zero-order chi connectivity index (χ0) is 20.4. The predicted octanol–water partition coefficient (Wildman–Crippen LogP) is 3.23. The summed E-state index contributed by atoms with van der Waals surface area (Å²) >= 11 is 4.96. The van der Waals surface area contributed by atoms with E-state index in [0.717, 1.165) is 18.5 Å². The third-order valence-corrected chi connectivity index (χ3v) is 4.96. The fourth-order valence-electron chi connectivity index (χ4n) is 1.40. The number of rotatable bonds is 7. The third-order valence-electron chi connectivity index (χ3n) is 3.15. The predicted molar refractivity (Wildman–Crippen MR) is 102 cm³/mol. The van der Waals surface area contributed by atoms with Gasteiger partial charge in [-0.15, -0.1) is 0 Å². The molecule has 0 saturated heterocycles. The summed E-state index contributed by atoms with van der Waals surface area (Å²) in [7, 11) is -1.06. The van der Waals surface area contributed by atoms with Gasteiger partial charge in [-0.25, -0.2) is 14.4 Å². The lowest BCUT2D eigenvalue weighted by Gasteiger charge is -2.17. The molecule has 0 aliphatic heterocycles. The summed E-state index contributed by atoms with van der Waals surface area (Å²) in [5, 5.41) is 8.68. The second-order valence-corrected chi connectivity index (χ2v) is 12.9. The van der Waals surface area contributed by atoms with E-state index in [2.05, 4.69) is 24.4 Å². The van der Waals surface area contributed by atoms with Crippen LogP contribution in [0.4, 0.5) is 4.79 Å². The second kappa shape index (κ2) is 10.9. The minimum absolute atomic E-state index is 0.0136. The molecular weight excluding hydrogens is 378 g/mol. The Hall–Kier alpha value is -1.90. The lowest BCUT2D eigenvalue weighted by molar-refractivity contribution is -0.160. The highest BCUT2D eigenvalue weighted by atomic mass is 35.5. The van der Waals surface area contributed by atoms with Crippen molar-refractivity contribution in [1.82, 2.24) is 0 Å². The number of hydrogen-bond acceptors (Lipinski definition) is 6. The van der Waals surface area contributed by atoms with Crippen LogP contribution in [0.1, 0.15) is 12.5 Å². The average Bonchev–Trinajstić information content (AvgIpc) is 2.52. The Morgan fingerprint density at radius 3 is 2.12 bits per heavy atom. The Kier molecular flexibility index (Phi) is 10.1. The molecule has 9 heteroatoms. The Balaban J connectivity index is 0.000000541. The van der Waals surface area contributed by atoms with Crippen molar-refractivity contribution in [3.8, 4) is 0 Å². The quantitative estimate of drug-likeness (QED) is 0.310. The number of aliphatic carboxylic acids is 1. The van der Waals surface area contributed by atoms with Gasteiger partial charge in [-0.1, -0.05) is 50.0 Å². The Bertz CT molecular complexity index is 601. The van der Waals surface area contributed by atoms with E-state index >= 15 is 0 Å². The maximum absolute atomic E-state index is 11.4. The lowest BCUT2D eigenvalue weighted by Crippen LogP contribution is -2.53. The number of halogens is 1. The second-order valence-electron chi connectivity index (χ2n) is 6.97. The van der Waals surface area contributed by atoms with Gasteiger partial charge in [0.2, 0.25) is 5.54 Å². The van der Waals surface area contributed by atoms with Gasteiger partial charge in [0, 0.05) is 19.7 Å². The van der Waals surface area contributed by atoms with Crippen molar-refractivity contribution in [1.29, 1.82) is 0 Å². The minimum Gasteiger partial charge on any atom is -0.479 e. The fraction of sp³-hybridized carbons (Fsp3) is 0.471. The zero-order valence-corrected chi connectivity index (χ0v) is 17.2. The molecule has 0 saturated carbocycles. The zero-order valence-electron chi connectivity index (χ0n) is 15.5. The van der Waals surface area contributed by atoms with E-state index in [-0.39, 0.29) is 6.61 Å². The first-order valence-electron chi connectivity index (χ1n) is 7.92. The van der Waals surface area contributed by atoms with Crippen LogP contribution in [0, 0.1) is 0 Å². The molecule has 0 aliphatic rings. The van der Waals surface area contributed by atoms with Crippen molar-refractivity contribution in [2.75, 3.05) is 6.61 Å². The number of carbonyl (C=O) groups is 3. The molecule has 3 N–H and O–H groups in total. The smallest absolute Gasteiger partial charge is 0.403 e. The highest BCUT2D eigenvalue weighted by Gasteiger charge is 2.38. The van der Waals surface area contributed by atoms with Gasteiger partial charge in [-0.05, 0) is 18.5 Å². The number of carboxylic acid groups (broad SMARTS) is 1. The van der Waals surface area contributed by atoms with Gasteiger partial charge in [0.05, 0.1) is 6.61 Å². The van der Waals surface area contributed by atoms with Gasteiger partial charge >= 0.3 is 17.4 Å². The SMILES string of the molecule is CC(N)(C(=O)O)C(=O)OCc1ccccc1.C[Si](C)(C)CCOC(=O)Cl. The average molecular weight is 404 g/mol. The summed E-state index contributed by atoms with van der Waals surface area (Å²) in [5.74, 6) is -2.37. The summed E-state index contributed by atoms with van der Waals surface area (Å²) < 4.78 is 9.39. The molecule has 1 aromatic rings. The minimum atomic E-state index is -2.01. The molecule has 7 nitrogen and oxygen atoms in total. The largest absolute Gasteiger partial charge is 0.479 e. The van der Waals surface area contributed by atoms with Crippen LogP contribution < -0.4 is 5.73 Å². The molecule has 0 bridgehead atoms. The van der Waals surface area contributed by atoms with Gasteiger partial charge in [0.1, 0.15) is 6.61 Å². The highest BCUT2D eigenvalue weighted by molar-refractivity contribution is 6.76. The summed E-state index contributed by atoms with van der Waals surface area (Å²) in [4.78, 5) is 32.1. The fourth-order valence-corrected chi connectivity index (χ4v) is 2.19. The first-order valence-corrected chi connectivity index (χ1v) is 12.0. The molecule has 0 amide bonds. The number of ether oxygens (including phenoxy) is 2. The summed E-state index contributed by atoms with van der Waals surface area (Å²) in [6.07, 6.45) is 0. The number of hydrogen-bond donors (Lipinski definition) is 2. The van der Waals surface area contributed by atoms with E-state index in [9.17, 15) is 14.4 Å². The maximum Gasteiger partial charge on any atom is 0.403 e. The highest BCUT2D eigenvalue weighted by Crippen LogP contribution is 2.08. The van der Waals surface area contributed by atoms with Crippen LogP contribution in [-0.4, -0.2) is 42.7 Å². The van der Waals surface area contributed by atoms with Crippen LogP contribution in [0.5, 0.6) is 0 Å². The molecule has 0 aliphatic carbocycles. The molecule has 0 fully saturated rings. The summed E-state index contributed by atoms with van der Waals surface area (Å²) in [5.41, 5.74) is 3.37. The first kappa shape index (κ1) is 24.1. The molecule has 1 rings (SSSR count). The number of benzene rings is 1. The molecule has 1 atom stereocenters. The molecule has 0 heterocycles. The number of carbonyl (C=O) groups excluding carboxylic acids is 2. The molecule has 0 radical (unpaired) electrons. The molecule has 1 aromatic carbocycles. The van der Waals surface area contributed by atoms with E-state index in [1.165, 1.54) is 0 Å². The third kappa shape index (κ3) is 10.9. The normalized spacial score (nSPS) is 12.8. The number of esters is 1. The van der Waals surface area contributed by atoms with E-state index in [1.807, 2.05) is 6.07 Å². The Labute approximate surface area is 159 Å². The van der Waals surface area contributed by atoms with E-state index < -0.39 is 31.0 Å². The van der Waals surface area contributed by atoms with Crippen LogP contribution >= 0.6 is 11.6 Å². The number of nitrogens with two attached hydrogens (primary N) is 1. The maximum atomic E-state index is 11.4. The van der Waals surface area contributed by atoms with Gasteiger partial charge in [0.25, 0.3) is 0 Å². The van der Waals surface area contributed by atoms with Crippen LogP contribution in [0.2, 0.25) is 25.7 Å². The molecule has 1 unspecified atom stereocenters. The molecule has 26 heavy (non-hydrogen) atoms. The van der Waals surface area contributed by atoms with Gasteiger partial charge < -0.3 is 20.3 Å². The van der Waals surface area contributed by atoms with Gasteiger partial charge in [-0.2, -0.15) is 0 Å². The van der Waals surface area contributed by atoms with Crippen LogP contribution in [-0.2, 0) is 25.7 Å². The van der Waals surface area contributed by atoms with E-state index in [4.69, 9.17) is 27.2 Å². The van der Waals surface area contributed by atoms with Crippen molar-refractivity contribution in [3.05, 3.63) is 35.9 Å². The molecule has 146 valence electrons. The Morgan fingerprint density at radius 2 is 1.69 bits per heavy atom. The Morgan fingerprint density at radius 1 is 1.15 bits per heavy atom. The molecular formula is C17H26ClNO6Si. The van der Waals surface area contributed by atoms with Crippen molar-refractivity contribution in [2.45, 2.75) is 44.8 Å². The van der Waals surface area contributed by atoms with E-state index in [1.54, 1.807) is 24.3 Å². The topological polar surface area (TPSA) is 116 Å². The lowest BCUT2D eigenvalue weighted by atomic mass is 10.1. The van der Waals surface area contributed by atoms with Crippen LogP contribution in [0.15, 0.2) is 30.3 Å². The van der Waals surface area contributed by atoms with Gasteiger partial charge in [0.15, 0.2) is 0 Å². The number of carboxylic acids is 1. The first-order chi connectivity index (χ1) is 11.9. The van der Waals surface area contributed by atoms with Crippen molar-refractivity contribution >= 4 is 37.0 Å². The van der Waals surface area contributed by atoms with Crippen molar-refractivity contribution < 1.29 is 29.0 Å².